The van der Waals surface area contributed by atoms with Crippen LogP contribution in [0.4, 0.5) is 0 Å². The molecule has 0 aromatic heterocycles. The Balaban J connectivity index is 2.67. The Morgan fingerprint density at radius 2 is 1.75 bits per heavy atom. The van der Waals surface area contributed by atoms with Crippen LogP contribution in [0, 0.1) is 0 Å². The molecule has 0 aliphatic heterocycles. The van der Waals surface area contributed by atoms with Gasteiger partial charge in [0.15, 0.2) is 0 Å². The number of rotatable bonds is 5. The van der Waals surface area contributed by atoms with E-state index in [2.05, 4.69) is 63.3 Å². The van der Waals surface area contributed by atoms with E-state index in [4.69, 9.17) is 0 Å². The summed E-state index contributed by atoms with van der Waals surface area (Å²) in [5, 5.41) is 0. The first-order chi connectivity index (χ1) is 7.77. The fourth-order valence-electron chi connectivity index (χ4n) is 1.85. The quantitative estimate of drug-likeness (QED) is 0.610. The molecule has 1 aromatic carbocycles. The van der Waals surface area contributed by atoms with Crippen molar-refractivity contribution in [1.29, 1.82) is 0 Å². The summed E-state index contributed by atoms with van der Waals surface area (Å²) >= 11 is 0. The standard InChI is InChI=1S/C16H22/c1-4-9-16(5-2)14(3)12-13-15-10-7-6-8-11-15/h6-12H,4-5,13H2,1-3H3/b14-12+,16-9+. The Labute approximate surface area is 99.7 Å². The molecular weight excluding hydrogens is 192 g/mol. The van der Waals surface area contributed by atoms with Crippen LogP contribution in [0.5, 0.6) is 0 Å². The monoisotopic (exact) mass is 214 g/mol. The molecule has 16 heavy (non-hydrogen) atoms. The molecule has 0 saturated carbocycles. The summed E-state index contributed by atoms with van der Waals surface area (Å²) in [6.45, 7) is 6.63. The minimum absolute atomic E-state index is 1.04. The van der Waals surface area contributed by atoms with Crippen molar-refractivity contribution in [1.82, 2.24) is 0 Å². The van der Waals surface area contributed by atoms with Gasteiger partial charge in [-0.05, 0) is 37.3 Å². The van der Waals surface area contributed by atoms with Crippen molar-refractivity contribution in [2.45, 2.75) is 40.0 Å². The van der Waals surface area contributed by atoms with Crippen molar-refractivity contribution < 1.29 is 0 Å². The molecule has 0 N–H and O–H groups in total. The highest BCUT2D eigenvalue weighted by Gasteiger charge is 1.96. The Morgan fingerprint density at radius 3 is 2.31 bits per heavy atom. The lowest BCUT2D eigenvalue weighted by atomic mass is 10.0. The molecule has 0 saturated heterocycles. The van der Waals surface area contributed by atoms with E-state index in [-0.39, 0.29) is 0 Å². The van der Waals surface area contributed by atoms with Gasteiger partial charge in [0.25, 0.3) is 0 Å². The van der Waals surface area contributed by atoms with Gasteiger partial charge in [-0.2, -0.15) is 0 Å². The predicted molar refractivity (Wildman–Crippen MR) is 72.6 cm³/mol. The first-order valence-electron chi connectivity index (χ1n) is 6.18. The number of benzene rings is 1. The van der Waals surface area contributed by atoms with Gasteiger partial charge in [0, 0.05) is 0 Å². The second-order valence-electron chi connectivity index (χ2n) is 4.07. The van der Waals surface area contributed by atoms with E-state index in [1.54, 1.807) is 0 Å². The van der Waals surface area contributed by atoms with Crippen LogP contribution < -0.4 is 0 Å². The normalized spacial score (nSPS) is 12.9. The number of hydrogen-bond donors (Lipinski definition) is 0. The van der Waals surface area contributed by atoms with Crippen LogP contribution in [0.25, 0.3) is 0 Å². The van der Waals surface area contributed by atoms with Gasteiger partial charge in [-0.1, -0.05) is 61.9 Å². The molecule has 0 bridgehead atoms. The van der Waals surface area contributed by atoms with Crippen LogP contribution >= 0.6 is 0 Å². The van der Waals surface area contributed by atoms with Gasteiger partial charge in [-0.3, -0.25) is 0 Å². The molecule has 0 amide bonds. The third kappa shape index (κ3) is 4.06. The van der Waals surface area contributed by atoms with Crippen LogP contribution in [0.3, 0.4) is 0 Å². The minimum atomic E-state index is 1.04. The van der Waals surface area contributed by atoms with Crippen molar-refractivity contribution in [2.75, 3.05) is 0 Å². The van der Waals surface area contributed by atoms with Crippen molar-refractivity contribution in [3.63, 3.8) is 0 Å². The zero-order valence-corrected chi connectivity index (χ0v) is 10.7. The lowest BCUT2D eigenvalue weighted by Gasteiger charge is -2.05. The summed E-state index contributed by atoms with van der Waals surface area (Å²) in [6.07, 6.45) is 7.95. The summed E-state index contributed by atoms with van der Waals surface area (Å²) in [4.78, 5) is 0. The zero-order valence-electron chi connectivity index (χ0n) is 10.7. The summed E-state index contributed by atoms with van der Waals surface area (Å²) < 4.78 is 0. The number of allylic oxidation sites excluding steroid dienone is 4. The summed E-state index contributed by atoms with van der Waals surface area (Å²) in [7, 11) is 0. The van der Waals surface area contributed by atoms with Crippen LogP contribution in [0.2, 0.25) is 0 Å². The molecule has 0 nitrogen and oxygen atoms in total. The highest BCUT2D eigenvalue weighted by molar-refractivity contribution is 5.30. The van der Waals surface area contributed by atoms with Gasteiger partial charge >= 0.3 is 0 Å². The maximum Gasteiger partial charge on any atom is -0.00916 e. The first-order valence-corrected chi connectivity index (χ1v) is 6.18. The maximum atomic E-state index is 2.33. The molecule has 0 fully saturated rings. The van der Waals surface area contributed by atoms with E-state index >= 15 is 0 Å². The van der Waals surface area contributed by atoms with E-state index < -0.39 is 0 Å². The molecular formula is C16H22. The Kier molecular flexibility index (Phi) is 5.63. The van der Waals surface area contributed by atoms with Gasteiger partial charge in [0.2, 0.25) is 0 Å². The Morgan fingerprint density at radius 1 is 1.06 bits per heavy atom. The van der Waals surface area contributed by atoms with Gasteiger partial charge in [-0.25, -0.2) is 0 Å². The van der Waals surface area contributed by atoms with E-state index in [1.165, 1.54) is 16.7 Å². The lowest BCUT2D eigenvalue weighted by Crippen LogP contribution is -1.87. The highest BCUT2D eigenvalue weighted by atomic mass is 14.0. The molecule has 0 aliphatic rings. The second-order valence-corrected chi connectivity index (χ2v) is 4.07. The summed E-state index contributed by atoms with van der Waals surface area (Å²) in [5.41, 5.74) is 4.29. The molecule has 1 rings (SSSR count). The fourth-order valence-corrected chi connectivity index (χ4v) is 1.85. The van der Waals surface area contributed by atoms with Gasteiger partial charge in [0.1, 0.15) is 0 Å². The smallest absolute Gasteiger partial charge is 0.00916 e. The molecule has 0 heteroatoms. The molecule has 86 valence electrons. The first kappa shape index (κ1) is 12.8. The molecule has 0 atom stereocenters. The van der Waals surface area contributed by atoms with E-state index in [0.29, 0.717) is 0 Å². The average Bonchev–Trinajstić information content (AvgIpc) is 2.34. The Bertz CT molecular complexity index is 355. The third-order valence-electron chi connectivity index (χ3n) is 2.82. The molecule has 0 spiro atoms. The highest BCUT2D eigenvalue weighted by Crippen LogP contribution is 2.15. The van der Waals surface area contributed by atoms with Gasteiger partial charge in [0.05, 0.1) is 0 Å². The maximum absolute atomic E-state index is 2.33. The fraction of sp³-hybridized carbons (Fsp3) is 0.375. The molecule has 1 aromatic rings. The van der Waals surface area contributed by atoms with Crippen LogP contribution in [-0.4, -0.2) is 0 Å². The third-order valence-corrected chi connectivity index (χ3v) is 2.82. The largest absolute Gasteiger partial charge is 0.0813 e. The van der Waals surface area contributed by atoms with E-state index in [0.717, 1.165) is 19.3 Å². The predicted octanol–water partition coefficient (Wildman–Crippen LogP) is 4.92. The van der Waals surface area contributed by atoms with Crippen molar-refractivity contribution >= 4 is 0 Å². The van der Waals surface area contributed by atoms with Crippen molar-refractivity contribution in [3.8, 4) is 0 Å². The zero-order chi connectivity index (χ0) is 11.8. The molecule has 0 aliphatic carbocycles. The van der Waals surface area contributed by atoms with Crippen molar-refractivity contribution in [2.24, 2.45) is 0 Å². The van der Waals surface area contributed by atoms with Crippen LogP contribution in [-0.2, 0) is 6.42 Å². The summed E-state index contributed by atoms with van der Waals surface area (Å²) in [6, 6.07) is 10.6. The lowest BCUT2D eigenvalue weighted by molar-refractivity contribution is 1.05. The topological polar surface area (TPSA) is 0 Å². The average molecular weight is 214 g/mol. The second kappa shape index (κ2) is 7.05. The molecule has 0 radical (unpaired) electrons. The van der Waals surface area contributed by atoms with Crippen LogP contribution in [0.15, 0.2) is 53.6 Å². The Hall–Kier alpha value is -1.30. The minimum Gasteiger partial charge on any atom is -0.0813 e. The molecule has 0 unspecified atom stereocenters. The van der Waals surface area contributed by atoms with E-state index in [9.17, 15) is 0 Å². The van der Waals surface area contributed by atoms with Gasteiger partial charge in [-0.15, -0.1) is 0 Å². The van der Waals surface area contributed by atoms with Gasteiger partial charge < -0.3 is 0 Å². The van der Waals surface area contributed by atoms with E-state index in [1.807, 2.05) is 0 Å². The van der Waals surface area contributed by atoms with Crippen LogP contribution in [0.1, 0.15) is 39.2 Å². The summed E-state index contributed by atoms with van der Waals surface area (Å²) in [5.74, 6) is 0. The number of hydrogen-bond acceptors (Lipinski definition) is 0. The van der Waals surface area contributed by atoms with Crippen molar-refractivity contribution in [3.05, 3.63) is 59.2 Å². The SMILES string of the molecule is CC/C=C(CC)/C(C)=C/Cc1ccccc1. The molecule has 0 heterocycles.